The van der Waals surface area contributed by atoms with Crippen LogP contribution in [0.15, 0.2) is 22.7 Å². The Bertz CT molecular complexity index is 476. The quantitative estimate of drug-likeness (QED) is 0.635. The van der Waals surface area contributed by atoms with Gasteiger partial charge in [0.2, 0.25) is 0 Å². The van der Waals surface area contributed by atoms with E-state index in [1.54, 1.807) is 12.1 Å². The third kappa shape index (κ3) is 4.20. The van der Waals surface area contributed by atoms with Crippen molar-refractivity contribution in [3.05, 3.63) is 38.3 Å². The average molecular weight is 359 g/mol. The lowest BCUT2D eigenvalue weighted by atomic mass is 9.95. The smallest absolute Gasteiger partial charge is 0.273 e. The summed E-state index contributed by atoms with van der Waals surface area (Å²) in [7, 11) is 0. The Morgan fingerprint density at radius 3 is 2.70 bits per heavy atom. The zero-order valence-corrected chi connectivity index (χ0v) is 13.9. The van der Waals surface area contributed by atoms with Crippen molar-refractivity contribution in [2.45, 2.75) is 43.5 Å². The maximum Gasteiger partial charge on any atom is 0.273 e. The van der Waals surface area contributed by atoms with Gasteiger partial charge >= 0.3 is 0 Å². The maximum atomic E-state index is 11.0. The Morgan fingerprint density at radius 2 is 2.10 bits per heavy atom. The van der Waals surface area contributed by atoms with E-state index in [1.165, 1.54) is 12.8 Å². The molecule has 4 nitrogen and oxygen atoms in total. The molecule has 0 spiro atoms. The molecule has 110 valence electrons. The predicted molar refractivity (Wildman–Crippen MR) is 87.2 cm³/mol. The number of hydrogen-bond donors (Lipinski definition) is 1. The van der Waals surface area contributed by atoms with Gasteiger partial charge in [-0.2, -0.15) is 11.8 Å². The molecule has 1 aromatic rings. The molecule has 0 aromatic heterocycles. The number of nitro benzene ring substituents is 1. The van der Waals surface area contributed by atoms with Crippen LogP contribution in [0.3, 0.4) is 0 Å². The summed E-state index contributed by atoms with van der Waals surface area (Å²) in [5.74, 6) is 0. The second-order valence-electron chi connectivity index (χ2n) is 5.12. The Hall–Kier alpha value is -0.590. The van der Waals surface area contributed by atoms with E-state index in [1.807, 2.05) is 17.8 Å². The first-order valence-electron chi connectivity index (χ1n) is 6.79. The molecule has 1 aliphatic carbocycles. The largest absolute Gasteiger partial charge is 0.310 e. The number of nitro groups is 1. The molecule has 1 aromatic carbocycles. The van der Waals surface area contributed by atoms with E-state index < -0.39 is 0 Å². The van der Waals surface area contributed by atoms with Crippen LogP contribution >= 0.6 is 27.7 Å². The molecule has 0 heterocycles. The molecule has 0 radical (unpaired) electrons. The van der Waals surface area contributed by atoms with E-state index in [2.05, 4.69) is 27.5 Å². The summed E-state index contributed by atoms with van der Waals surface area (Å²) in [4.78, 5) is 10.7. The fourth-order valence-corrected chi connectivity index (χ4v) is 3.78. The first kappa shape index (κ1) is 15.8. The number of halogens is 1. The Balaban J connectivity index is 1.94. The lowest BCUT2D eigenvalue weighted by Gasteiger charge is -2.28. The molecule has 20 heavy (non-hydrogen) atoms. The molecule has 0 atom stereocenters. The minimum Gasteiger partial charge on any atom is -0.310 e. The minimum atomic E-state index is -0.311. The third-order valence-corrected chi connectivity index (χ3v) is 5.46. The fourth-order valence-electron chi connectivity index (χ4n) is 2.63. The molecule has 0 aliphatic heterocycles. The van der Waals surface area contributed by atoms with E-state index in [0.717, 1.165) is 28.1 Å². The van der Waals surface area contributed by atoms with Crippen molar-refractivity contribution in [3.63, 3.8) is 0 Å². The molecule has 0 unspecified atom stereocenters. The summed E-state index contributed by atoms with van der Waals surface area (Å²) >= 11 is 5.32. The molecule has 0 amide bonds. The van der Waals surface area contributed by atoms with Gasteiger partial charge in [0.25, 0.3) is 5.69 Å². The number of benzene rings is 1. The molecular formula is C14H19BrN2O2S. The van der Waals surface area contributed by atoms with Crippen LogP contribution in [0.5, 0.6) is 0 Å². The summed E-state index contributed by atoms with van der Waals surface area (Å²) in [6, 6.07) is 5.59. The number of thioether (sulfide) groups is 1. The van der Waals surface area contributed by atoms with Gasteiger partial charge in [0.1, 0.15) is 0 Å². The molecular weight excluding hydrogens is 340 g/mol. The van der Waals surface area contributed by atoms with Crippen LogP contribution in [0.1, 0.15) is 31.2 Å². The van der Waals surface area contributed by atoms with Crippen molar-refractivity contribution in [1.29, 1.82) is 0 Å². The van der Waals surface area contributed by atoms with Gasteiger partial charge in [0.15, 0.2) is 0 Å². The molecule has 6 heteroatoms. The molecule has 1 N–H and O–H groups in total. The highest BCUT2D eigenvalue weighted by atomic mass is 79.9. The minimum absolute atomic E-state index is 0.193. The highest BCUT2D eigenvalue weighted by molar-refractivity contribution is 9.10. The summed E-state index contributed by atoms with van der Waals surface area (Å²) in [5, 5.41) is 15.3. The van der Waals surface area contributed by atoms with E-state index in [0.29, 0.717) is 12.6 Å². The Kier molecular flexibility index (Phi) is 5.86. The zero-order valence-electron chi connectivity index (χ0n) is 11.5. The van der Waals surface area contributed by atoms with Crippen LogP contribution in [-0.2, 0) is 6.54 Å². The fraction of sp³-hybridized carbons (Fsp3) is 0.571. The number of nitrogens with one attached hydrogen (secondary N) is 1. The van der Waals surface area contributed by atoms with Crippen molar-refractivity contribution < 1.29 is 4.92 Å². The molecule has 1 aliphatic rings. The summed E-state index contributed by atoms with van der Waals surface area (Å²) < 4.78 is 0.881. The second-order valence-corrected chi connectivity index (χ2v) is 7.17. The van der Waals surface area contributed by atoms with Crippen LogP contribution < -0.4 is 5.32 Å². The number of nitrogens with zero attached hydrogens (tertiary/aromatic N) is 1. The molecule has 0 saturated heterocycles. The van der Waals surface area contributed by atoms with Crippen LogP contribution in [0.25, 0.3) is 0 Å². The molecule has 1 saturated carbocycles. The average Bonchev–Trinajstić information content (AvgIpc) is 2.45. The van der Waals surface area contributed by atoms with Gasteiger partial charge in [-0.05, 0) is 44.1 Å². The van der Waals surface area contributed by atoms with Crippen molar-refractivity contribution in [2.75, 3.05) is 6.26 Å². The monoisotopic (exact) mass is 358 g/mol. The predicted octanol–water partition coefficient (Wildman–Crippen LogP) is 4.12. The second kappa shape index (κ2) is 7.43. The van der Waals surface area contributed by atoms with Crippen molar-refractivity contribution in [1.82, 2.24) is 5.32 Å². The SMILES string of the molecule is CSC1CCC(NCc2cc(Br)ccc2[N+](=O)[O-])CC1. The van der Waals surface area contributed by atoms with E-state index in [9.17, 15) is 10.1 Å². The Morgan fingerprint density at radius 1 is 1.40 bits per heavy atom. The van der Waals surface area contributed by atoms with Gasteiger partial charge < -0.3 is 5.32 Å². The third-order valence-electron chi connectivity index (χ3n) is 3.83. The van der Waals surface area contributed by atoms with Gasteiger partial charge in [0, 0.05) is 33.9 Å². The first-order valence-corrected chi connectivity index (χ1v) is 8.87. The highest BCUT2D eigenvalue weighted by Gasteiger charge is 2.21. The molecule has 2 rings (SSSR count). The summed E-state index contributed by atoms with van der Waals surface area (Å²) in [6.45, 7) is 0.560. The number of rotatable bonds is 5. The summed E-state index contributed by atoms with van der Waals surface area (Å²) in [6.07, 6.45) is 6.96. The Labute approximate surface area is 132 Å². The lowest BCUT2D eigenvalue weighted by Crippen LogP contribution is -2.33. The summed E-state index contributed by atoms with van der Waals surface area (Å²) in [5.41, 5.74) is 0.940. The standard InChI is InChI=1S/C14H19BrN2O2S/c1-20-13-5-3-12(4-6-13)16-9-10-8-11(15)2-7-14(10)17(18)19/h2,7-8,12-13,16H,3-6,9H2,1H3. The molecule has 0 bridgehead atoms. The van der Waals surface area contributed by atoms with Crippen LogP contribution in [0, 0.1) is 10.1 Å². The van der Waals surface area contributed by atoms with Gasteiger partial charge in [-0.15, -0.1) is 0 Å². The van der Waals surface area contributed by atoms with Gasteiger partial charge in [0.05, 0.1) is 4.92 Å². The van der Waals surface area contributed by atoms with Crippen molar-refractivity contribution in [3.8, 4) is 0 Å². The van der Waals surface area contributed by atoms with E-state index in [4.69, 9.17) is 0 Å². The normalized spacial score (nSPS) is 22.7. The van der Waals surface area contributed by atoms with E-state index in [-0.39, 0.29) is 10.6 Å². The highest BCUT2D eigenvalue weighted by Crippen LogP contribution is 2.28. The zero-order chi connectivity index (χ0) is 14.5. The van der Waals surface area contributed by atoms with Crippen LogP contribution in [0.4, 0.5) is 5.69 Å². The van der Waals surface area contributed by atoms with Gasteiger partial charge in [-0.3, -0.25) is 10.1 Å². The van der Waals surface area contributed by atoms with Gasteiger partial charge in [-0.25, -0.2) is 0 Å². The van der Waals surface area contributed by atoms with Crippen molar-refractivity contribution in [2.24, 2.45) is 0 Å². The lowest BCUT2D eigenvalue weighted by molar-refractivity contribution is -0.385. The maximum absolute atomic E-state index is 11.0. The number of hydrogen-bond acceptors (Lipinski definition) is 4. The van der Waals surface area contributed by atoms with Crippen LogP contribution in [-0.4, -0.2) is 22.5 Å². The van der Waals surface area contributed by atoms with E-state index >= 15 is 0 Å². The van der Waals surface area contributed by atoms with Crippen LogP contribution in [0.2, 0.25) is 0 Å². The molecule has 1 fully saturated rings. The van der Waals surface area contributed by atoms with Crippen molar-refractivity contribution >= 4 is 33.4 Å². The topological polar surface area (TPSA) is 55.2 Å². The first-order chi connectivity index (χ1) is 9.60. The van der Waals surface area contributed by atoms with Gasteiger partial charge in [-0.1, -0.05) is 15.9 Å².